The van der Waals surface area contributed by atoms with Crippen molar-refractivity contribution in [3.8, 4) is 0 Å². The second-order valence-corrected chi connectivity index (χ2v) is 5.20. The average molecular weight is 319 g/mol. The molecule has 0 amide bonds. The quantitative estimate of drug-likeness (QED) is 0.845. The summed E-state index contributed by atoms with van der Waals surface area (Å²) in [6.45, 7) is 5.04. The zero-order valence-corrected chi connectivity index (χ0v) is 12.7. The number of fused-ring (bicyclic) bond motifs is 1. The van der Waals surface area contributed by atoms with Gasteiger partial charge in [0.1, 0.15) is 0 Å². The Morgan fingerprint density at radius 3 is 2.52 bits per heavy atom. The maximum absolute atomic E-state index is 12.7. The summed E-state index contributed by atoms with van der Waals surface area (Å²) >= 11 is 0. The Kier molecular flexibility index (Phi) is 5.84. The van der Waals surface area contributed by atoms with Gasteiger partial charge >= 0.3 is 6.18 Å². The lowest BCUT2D eigenvalue weighted by Crippen LogP contribution is -2.07. The van der Waals surface area contributed by atoms with Gasteiger partial charge in [0.25, 0.3) is 0 Å². The number of hydrogen-bond donors (Lipinski definition) is 1. The Morgan fingerprint density at radius 1 is 1.19 bits per heavy atom. The summed E-state index contributed by atoms with van der Waals surface area (Å²) in [5, 5.41) is 3.97. The SMILES string of the molecule is CC(C)CCNc1ccnc2cc(C(F)(F)F)ccc12.Cl. The molecule has 0 bridgehead atoms. The number of benzene rings is 1. The number of pyridine rings is 1. The maximum atomic E-state index is 12.7. The van der Waals surface area contributed by atoms with Crippen LogP contribution in [-0.4, -0.2) is 11.5 Å². The first-order valence-corrected chi connectivity index (χ1v) is 6.58. The largest absolute Gasteiger partial charge is 0.416 e. The molecule has 116 valence electrons. The fraction of sp³-hybridized carbons (Fsp3) is 0.400. The normalized spacial score (nSPS) is 11.5. The second kappa shape index (κ2) is 6.98. The summed E-state index contributed by atoms with van der Waals surface area (Å²) in [4.78, 5) is 4.02. The third-order valence-electron chi connectivity index (χ3n) is 3.11. The van der Waals surface area contributed by atoms with Crippen LogP contribution in [0.1, 0.15) is 25.8 Å². The first kappa shape index (κ1) is 17.6. The minimum Gasteiger partial charge on any atom is -0.384 e. The van der Waals surface area contributed by atoms with Gasteiger partial charge in [0.05, 0.1) is 11.1 Å². The number of nitrogens with one attached hydrogen (secondary N) is 1. The van der Waals surface area contributed by atoms with Crippen molar-refractivity contribution in [2.24, 2.45) is 5.92 Å². The van der Waals surface area contributed by atoms with E-state index in [9.17, 15) is 13.2 Å². The fourth-order valence-corrected chi connectivity index (χ4v) is 1.97. The molecule has 2 aromatic rings. The minimum atomic E-state index is -4.34. The van der Waals surface area contributed by atoms with Gasteiger partial charge < -0.3 is 5.32 Å². The lowest BCUT2D eigenvalue weighted by atomic mass is 10.1. The van der Waals surface area contributed by atoms with Gasteiger partial charge in [-0.15, -0.1) is 12.4 Å². The molecule has 0 aliphatic carbocycles. The summed E-state index contributed by atoms with van der Waals surface area (Å²) < 4.78 is 38.0. The van der Waals surface area contributed by atoms with Crippen molar-refractivity contribution in [3.05, 3.63) is 36.0 Å². The molecule has 0 saturated heterocycles. The molecule has 0 atom stereocenters. The molecule has 0 fully saturated rings. The summed E-state index contributed by atoms with van der Waals surface area (Å²) in [6, 6.07) is 5.44. The van der Waals surface area contributed by atoms with Gasteiger partial charge in [-0.05, 0) is 30.5 Å². The zero-order chi connectivity index (χ0) is 14.8. The molecule has 0 aliphatic heterocycles. The van der Waals surface area contributed by atoms with E-state index in [0.717, 1.165) is 30.8 Å². The van der Waals surface area contributed by atoms with E-state index in [1.165, 1.54) is 12.3 Å². The average Bonchev–Trinajstić information content (AvgIpc) is 2.37. The standard InChI is InChI=1S/C15H17F3N2.ClH/c1-10(2)5-7-19-13-6-8-20-14-9-11(15(16,17)18)3-4-12(13)14;/h3-4,6,8-10H,5,7H2,1-2H3,(H,19,20);1H. The molecular weight excluding hydrogens is 301 g/mol. The van der Waals surface area contributed by atoms with Gasteiger partial charge in [0, 0.05) is 23.8 Å². The van der Waals surface area contributed by atoms with Crippen LogP contribution < -0.4 is 5.32 Å². The summed E-state index contributed by atoms with van der Waals surface area (Å²) in [6.07, 6.45) is -1.80. The van der Waals surface area contributed by atoms with E-state index in [4.69, 9.17) is 0 Å². The van der Waals surface area contributed by atoms with Crippen molar-refractivity contribution in [2.45, 2.75) is 26.4 Å². The molecule has 0 saturated carbocycles. The van der Waals surface area contributed by atoms with Gasteiger partial charge in [-0.3, -0.25) is 4.98 Å². The zero-order valence-electron chi connectivity index (χ0n) is 11.9. The van der Waals surface area contributed by atoms with Crippen molar-refractivity contribution in [2.75, 3.05) is 11.9 Å². The van der Waals surface area contributed by atoms with E-state index >= 15 is 0 Å². The van der Waals surface area contributed by atoms with Crippen LogP contribution in [0.5, 0.6) is 0 Å². The highest BCUT2D eigenvalue weighted by atomic mass is 35.5. The van der Waals surface area contributed by atoms with Gasteiger partial charge in [-0.2, -0.15) is 13.2 Å². The van der Waals surface area contributed by atoms with Crippen LogP contribution in [0.3, 0.4) is 0 Å². The number of hydrogen-bond acceptors (Lipinski definition) is 2. The van der Waals surface area contributed by atoms with Crippen LogP contribution in [0.2, 0.25) is 0 Å². The van der Waals surface area contributed by atoms with Gasteiger partial charge in [-0.25, -0.2) is 0 Å². The molecule has 0 spiro atoms. The van der Waals surface area contributed by atoms with Crippen molar-refractivity contribution in [1.82, 2.24) is 4.98 Å². The lowest BCUT2D eigenvalue weighted by molar-refractivity contribution is -0.137. The van der Waals surface area contributed by atoms with E-state index in [2.05, 4.69) is 24.1 Å². The monoisotopic (exact) mass is 318 g/mol. The first-order valence-electron chi connectivity index (χ1n) is 6.58. The molecule has 0 radical (unpaired) electrons. The van der Waals surface area contributed by atoms with Crippen molar-refractivity contribution in [3.63, 3.8) is 0 Å². The van der Waals surface area contributed by atoms with E-state index in [0.29, 0.717) is 16.8 Å². The number of anilines is 1. The van der Waals surface area contributed by atoms with Gasteiger partial charge in [0.15, 0.2) is 0 Å². The number of rotatable bonds is 4. The highest BCUT2D eigenvalue weighted by Gasteiger charge is 2.30. The molecule has 6 heteroatoms. The van der Waals surface area contributed by atoms with Crippen LogP contribution in [0, 0.1) is 5.92 Å². The molecule has 1 aromatic carbocycles. The van der Waals surface area contributed by atoms with E-state index in [1.54, 1.807) is 6.07 Å². The Hall–Kier alpha value is -1.49. The van der Waals surface area contributed by atoms with Gasteiger partial charge in [-0.1, -0.05) is 19.9 Å². The molecule has 0 unspecified atom stereocenters. The smallest absolute Gasteiger partial charge is 0.384 e. The van der Waals surface area contributed by atoms with Crippen LogP contribution in [-0.2, 0) is 6.18 Å². The third-order valence-corrected chi connectivity index (χ3v) is 3.11. The summed E-state index contributed by atoms with van der Waals surface area (Å²) in [5.41, 5.74) is 0.510. The molecule has 1 aromatic heterocycles. The van der Waals surface area contributed by atoms with E-state index < -0.39 is 11.7 Å². The first-order chi connectivity index (χ1) is 9.38. The molecular formula is C15H18ClF3N2. The van der Waals surface area contributed by atoms with E-state index in [1.807, 2.05) is 0 Å². The number of aromatic nitrogens is 1. The Bertz CT molecular complexity index is 597. The Morgan fingerprint density at radius 2 is 1.90 bits per heavy atom. The Labute approximate surface area is 128 Å². The predicted octanol–water partition coefficient (Wildman–Crippen LogP) is 5.13. The molecule has 2 nitrogen and oxygen atoms in total. The minimum absolute atomic E-state index is 0. The number of alkyl halides is 3. The molecule has 2 rings (SSSR count). The van der Waals surface area contributed by atoms with Crippen molar-refractivity contribution in [1.29, 1.82) is 0 Å². The van der Waals surface area contributed by atoms with Crippen LogP contribution in [0.25, 0.3) is 10.9 Å². The van der Waals surface area contributed by atoms with Crippen LogP contribution in [0.15, 0.2) is 30.5 Å². The summed E-state index contributed by atoms with van der Waals surface area (Å²) in [7, 11) is 0. The number of halogens is 4. The topological polar surface area (TPSA) is 24.9 Å². The third kappa shape index (κ3) is 4.49. The predicted molar refractivity (Wildman–Crippen MR) is 81.9 cm³/mol. The highest BCUT2D eigenvalue weighted by molar-refractivity contribution is 5.91. The second-order valence-electron chi connectivity index (χ2n) is 5.20. The van der Waals surface area contributed by atoms with Crippen molar-refractivity contribution >= 4 is 29.0 Å². The van der Waals surface area contributed by atoms with E-state index in [-0.39, 0.29) is 12.4 Å². The van der Waals surface area contributed by atoms with Gasteiger partial charge in [0.2, 0.25) is 0 Å². The van der Waals surface area contributed by atoms with Crippen molar-refractivity contribution < 1.29 is 13.2 Å². The lowest BCUT2D eigenvalue weighted by Gasteiger charge is -2.12. The highest BCUT2D eigenvalue weighted by Crippen LogP contribution is 2.32. The molecule has 1 heterocycles. The summed E-state index contributed by atoms with van der Waals surface area (Å²) in [5.74, 6) is 0.576. The number of nitrogens with zero attached hydrogens (tertiary/aromatic N) is 1. The fourth-order valence-electron chi connectivity index (χ4n) is 1.97. The molecule has 0 aliphatic rings. The molecule has 21 heavy (non-hydrogen) atoms. The maximum Gasteiger partial charge on any atom is 0.416 e. The van der Waals surface area contributed by atoms with Crippen LogP contribution in [0.4, 0.5) is 18.9 Å². The Balaban J connectivity index is 0.00000220. The molecule has 1 N–H and O–H groups in total. The van der Waals surface area contributed by atoms with Crippen LogP contribution >= 0.6 is 12.4 Å².